The maximum Gasteiger partial charge on any atom is 0.262 e. The van der Waals surface area contributed by atoms with E-state index in [9.17, 15) is 13.2 Å². The molecule has 0 fully saturated rings. The SMILES string of the molecule is Cc1cccc(NS(=O)(=O)c2ccc(OCC(=O)Nc3c(Cl)cccc3Cl)cc2)c1. The van der Waals surface area contributed by atoms with Crippen molar-refractivity contribution in [1.29, 1.82) is 0 Å². The molecule has 1 amide bonds. The fraction of sp³-hybridized carbons (Fsp3) is 0.0952. The highest BCUT2D eigenvalue weighted by molar-refractivity contribution is 7.92. The number of aryl methyl sites for hydroxylation is 1. The lowest BCUT2D eigenvalue weighted by Gasteiger charge is -2.11. The third-order valence-electron chi connectivity index (χ3n) is 4.00. The third kappa shape index (κ3) is 5.66. The number of para-hydroxylation sites is 1. The van der Waals surface area contributed by atoms with Gasteiger partial charge in [0.25, 0.3) is 15.9 Å². The van der Waals surface area contributed by atoms with Gasteiger partial charge in [0.1, 0.15) is 5.75 Å². The van der Waals surface area contributed by atoms with Crippen molar-refractivity contribution in [2.24, 2.45) is 0 Å². The van der Waals surface area contributed by atoms with Gasteiger partial charge in [0.05, 0.1) is 20.6 Å². The van der Waals surface area contributed by atoms with Crippen molar-refractivity contribution in [3.8, 4) is 5.75 Å². The second kappa shape index (κ2) is 9.38. The van der Waals surface area contributed by atoms with E-state index >= 15 is 0 Å². The summed E-state index contributed by atoms with van der Waals surface area (Å²) < 4.78 is 33.0. The Morgan fingerprint density at radius 2 is 1.60 bits per heavy atom. The molecule has 0 aliphatic carbocycles. The van der Waals surface area contributed by atoms with Gasteiger partial charge in [0, 0.05) is 5.69 Å². The van der Waals surface area contributed by atoms with Crippen LogP contribution in [0.4, 0.5) is 11.4 Å². The number of anilines is 2. The Bertz CT molecular complexity index is 1150. The Morgan fingerprint density at radius 1 is 0.967 bits per heavy atom. The van der Waals surface area contributed by atoms with Crippen molar-refractivity contribution in [2.45, 2.75) is 11.8 Å². The zero-order valence-corrected chi connectivity index (χ0v) is 18.2. The van der Waals surface area contributed by atoms with Crippen molar-refractivity contribution in [3.63, 3.8) is 0 Å². The molecule has 156 valence electrons. The fourth-order valence-electron chi connectivity index (χ4n) is 2.58. The molecule has 0 atom stereocenters. The molecule has 0 saturated heterocycles. The standard InChI is InChI=1S/C21H18Cl2N2O4S/c1-14-4-2-5-15(12-14)25-30(27,28)17-10-8-16(9-11-17)29-13-20(26)24-21-18(22)6-3-7-19(21)23/h2-12,25H,13H2,1H3,(H,24,26). The first-order chi connectivity index (χ1) is 14.2. The fourth-order valence-corrected chi connectivity index (χ4v) is 4.12. The summed E-state index contributed by atoms with van der Waals surface area (Å²) in [6.07, 6.45) is 0. The van der Waals surface area contributed by atoms with Crippen LogP contribution in [0.15, 0.2) is 71.6 Å². The highest BCUT2D eigenvalue weighted by Crippen LogP contribution is 2.29. The third-order valence-corrected chi connectivity index (χ3v) is 6.03. The maximum atomic E-state index is 12.5. The number of hydrogen-bond acceptors (Lipinski definition) is 4. The zero-order valence-electron chi connectivity index (χ0n) is 15.9. The van der Waals surface area contributed by atoms with Gasteiger partial charge < -0.3 is 10.1 Å². The van der Waals surface area contributed by atoms with Gasteiger partial charge in [-0.3, -0.25) is 9.52 Å². The summed E-state index contributed by atoms with van der Waals surface area (Å²) >= 11 is 12.0. The number of amides is 1. The zero-order chi connectivity index (χ0) is 21.7. The summed E-state index contributed by atoms with van der Waals surface area (Å²) in [6, 6.07) is 17.7. The van der Waals surface area contributed by atoms with Gasteiger partial charge in [-0.1, -0.05) is 41.4 Å². The molecule has 6 nitrogen and oxygen atoms in total. The number of nitrogens with one attached hydrogen (secondary N) is 2. The molecule has 3 aromatic carbocycles. The monoisotopic (exact) mass is 464 g/mol. The Balaban J connectivity index is 1.61. The quantitative estimate of drug-likeness (QED) is 0.507. The average molecular weight is 465 g/mol. The largest absolute Gasteiger partial charge is 0.484 e. The van der Waals surface area contributed by atoms with E-state index in [0.29, 0.717) is 27.2 Å². The molecule has 0 bridgehead atoms. The van der Waals surface area contributed by atoms with E-state index in [4.69, 9.17) is 27.9 Å². The van der Waals surface area contributed by atoms with Crippen LogP contribution in [0.5, 0.6) is 5.75 Å². The summed E-state index contributed by atoms with van der Waals surface area (Å²) in [7, 11) is -3.74. The number of carbonyl (C=O) groups is 1. The van der Waals surface area contributed by atoms with Crippen LogP contribution in [-0.2, 0) is 14.8 Å². The molecule has 3 rings (SSSR count). The molecular weight excluding hydrogens is 447 g/mol. The first-order valence-electron chi connectivity index (χ1n) is 8.81. The smallest absolute Gasteiger partial charge is 0.262 e. The predicted octanol–water partition coefficient (Wildman–Crippen LogP) is 5.12. The molecule has 2 N–H and O–H groups in total. The summed E-state index contributed by atoms with van der Waals surface area (Å²) in [6.45, 7) is 1.58. The first kappa shape index (κ1) is 22.0. The Morgan fingerprint density at radius 3 is 2.23 bits per heavy atom. The van der Waals surface area contributed by atoms with Crippen molar-refractivity contribution in [1.82, 2.24) is 0 Å². The minimum absolute atomic E-state index is 0.0728. The van der Waals surface area contributed by atoms with Gasteiger partial charge in [0.2, 0.25) is 0 Å². The topological polar surface area (TPSA) is 84.5 Å². The van der Waals surface area contributed by atoms with Gasteiger partial charge in [-0.05, 0) is 61.0 Å². The molecule has 0 saturated carbocycles. The van der Waals surface area contributed by atoms with Gasteiger partial charge in [-0.2, -0.15) is 0 Å². The predicted molar refractivity (Wildman–Crippen MR) is 119 cm³/mol. The Hall–Kier alpha value is -2.74. The normalized spacial score (nSPS) is 11.0. The molecule has 0 aliphatic rings. The number of halogens is 2. The Labute approximate surface area is 184 Å². The maximum absolute atomic E-state index is 12.5. The van der Waals surface area contributed by atoms with Crippen LogP contribution in [0.1, 0.15) is 5.56 Å². The van der Waals surface area contributed by atoms with E-state index in [1.807, 2.05) is 13.0 Å². The van der Waals surface area contributed by atoms with Crippen molar-refractivity contribution >= 4 is 50.5 Å². The molecule has 0 radical (unpaired) electrons. The number of ether oxygens (including phenoxy) is 1. The average Bonchev–Trinajstić information content (AvgIpc) is 2.69. The summed E-state index contributed by atoms with van der Waals surface area (Å²) in [4.78, 5) is 12.2. The van der Waals surface area contributed by atoms with E-state index in [1.54, 1.807) is 36.4 Å². The molecule has 0 unspecified atom stereocenters. The van der Waals surface area contributed by atoms with Gasteiger partial charge in [0.15, 0.2) is 6.61 Å². The van der Waals surface area contributed by atoms with Gasteiger partial charge >= 0.3 is 0 Å². The van der Waals surface area contributed by atoms with Crippen LogP contribution in [0, 0.1) is 6.92 Å². The van der Waals surface area contributed by atoms with E-state index in [1.165, 1.54) is 24.3 Å². The van der Waals surface area contributed by atoms with Crippen molar-refractivity contribution < 1.29 is 17.9 Å². The molecule has 0 aliphatic heterocycles. The van der Waals surface area contributed by atoms with Crippen LogP contribution in [-0.4, -0.2) is 20.9 Å². The van der Waals surface area contributed by atoms with Crippen LogP contribution in [0.3, 0.4) is 0 Å². The molecule has 3 aromatic rings. The molecular formula is C21H18Cl2N2O4S. The van der Waals surface area contributed by atoms with E-state index in [0.717, 1.165) is 5.56 Å². The second-order valence-electron chi connectivity index (χ2n) is 6.38. The number of rotatable bonds is 7. The highest BCUT2D eigenvalue weighted by atomic mass is 35.5. The number of carbonyl (C=O) groups excluding carboxylic acids is 1. The lowest BCUT2D eigenvalue weighted by molar-refractivity contribution is -0.118. The molecule has 0 aromatic heterocycles. The summed E-state index contributed by atoms with van der Waals surface area (Å²) in [5.74, 6) is -0.118. The van der Waals surface area contributed by atoms with Gasteiger partial charge in [-0.15, -0.1) is 0 Å². The van der Waals surface area contributed by atoms with Crippen LogP contribution < -0.4 is 14.8 Å². The number of sulfonamides is 1. The van der Waals surface area contributed by atoms with Crippen LogP contribution in [0.2, 0.25) is 10.0 Å². The van der Waals surface area contributed by atoms with Crippen molar-refractivity contribution in [2.75, 3.05) is 16.6 Å². The second-order valence-corrected chi connectivity index (χ2v) is 8.88. The Kier molecular flexibility index (Phi) is 6.87. The number of hydrogen-bond donors (Lipinski definition) is 2. The molecule has 0 spiro atoms. The van der Waals surface area contributed by atoms with E-state index < -0.39 is 15.9 Å². The minimum atomic E-state index is -3.74. The van der Waals surface area contributed by atoms with Crippen molar-refractivity contribution in [3.05, 3.63) is 82.3 Å². The lowest BCUT2D eigenvalue weighted by Crippen LogP contribution is -2.20. The van der Waals surface area contributed by atoms with Gasteiger partial charge in [-0.25, -0.2) is 8.42 Å². The first-order valence-corrected chi connectivity index (χ1v) is 11.0. The molecule has 0 heterocycles. The molecule has 9 heteroatoms. The van der Waals surface area contributed by atoms with Crippen LogP contribution >= 0.6 is 23.2 Å². The van der Waals surface area contributed by atoms with E-state index in [2.05, 4.69) is 10.0 Å². The minimum Gasteiger partial charge on any atom is -0.484 e. The van der Waals surface area contributed by atoms with Crippen LogP contribution in [0.25, 0.3) is 0 Å². The summed E-state index contributed by atoms with van der Waals surface area (Å²) in [5.41, 5.74) is 1.72. The lowest BCUT2D eigenvalue weighted by atomic mass is 10.2. The summed E-state index contributed by atoms with van der Waals surface area (Å²) in [5, 5.41) is 3.21. The number of benzene rings is 3. The molecule has 30 heavy (non-hydrogen) atoms. The van der Waals surface area contributed by atoms with E-state index in [-0.39, 0.29) is 11.5 Å². The highest BCUT2D eigenvalue weighted by Gasteiger charge is 2.15.